The quantitative estimate of drug-likeness (QED) is 0.608. The predicted molar refractivity (Wildman–Crippen MR) is 67.4 cm³/mol. The summed E-state index contributed by atoms with van der Waals surface area (Å²) in [6, 6.07) is 0. The van der Waals surface area contributed by atoms with Gasteiger partial charge in [0.05, 0.1) is 6.10 Å². The number of nitrogens with zero attached hydrogens (tertiary/aromatic N) is 2. The van der Waals surface area contributed by atoms with Crippen LogP contribution in [0, 0.1) is 0 Å². The molecule has 0 spiro atoms. The summed E-state index contributed by atoms with van der Waals surface area (Å²) in [6.07, 6.45) is 3.00. The van der Waals surface area contributed by atoms with Crippen LogP contribution < -0.4 is 5.73 Å². The first kappa shape index (κ1) is 13.3. The highest BCUT2D eigenvalue weighted by molar-refractivity contribution is 7.99. The lowest BCUT2D eigenvalue weighted by molar-refractivity contribution is 0.196. The SMILES string of the molecule is CCCc1c(N)ncnc1SC(C)C(C)O. The number of hydrogen-bond donors (Lipinski definition) is 2. The lowest BCUT2D eigenvalue weighted by atomic mass is 10.2. The molecule has 0 aromatic carbocycles. The zero-order valence-electron chi connectivity index (χ0n) is 9.97. The highest BCUT2D eigenvalue weighted by Gasteiger charge is 2.15. The van der Waals surface area contributed by atoms with Crippen molar-refractivity contribution in [1.29, 1.82) is 0 Å². The van der Waals surface area contributed by atoms with Gasteiger partial charge in [-0.25, -0.2) is 9.97 Å². The van der Waals surface area contributed by atoms with Crippen LogP contribution in [0.3, 0.4) is 0 Å². The maximum absolute atomic E-state index is 9.48. The highest BCUT2D eigenvalue weighted by atomic mass is 32.2. The summed E-state index contributed by atoms with van der Waals surface area (Å²) >= 11 is 1.55. The van der Waals surface area contributed by atoms with E-state index in [1.54, 1.807) is 18.7 Å². The van der Waals surface area contributed by atoms with E-state index >= 15 is 0 Å². The first-order chi connectivity index (χ1) is 7.56. The first-order valence-electron chi connectivity index (χ1n) is 5.50. The third kappa shape index (κ3) is 3.35. The van der Waals surface area contributed by atoms with E-state index in [2.05, 4.69) is 16.9 Å². The molecule has 0 aliphatic heterocycles. The maximum atomic E-state index is 9.48. The lowest BCUT2D eigenvalue weighted by Crippen LogP contribution is -2.16. The van der Waals surface area contributed by atoms with E-state index in [-0.39, 0.29) is 11.4 Å². The Bertz CT molecular complexity index is 344. The Kier molecular flexibility index (Phi) is 5.02. The Morgan fingerprint density at radius 2 is 2.12 bits per heavy atom. The average Bonchev–Trinajstić information content (AvgIpc) is 2.23. The monoisotopic (exact) mass is 241 g/mol. The Morgan fingerprint density at radius 1 is 1.44 bits per heavy atom. The Labute approximate surface area is 101 Å². The van der Waals surface area contributed by atoms with E-state index in [1.165, 1.54) is 6.33 Å². The second-order valence-electron chi connectivity index (χ2n) is 3.86. The molecule has 0 aliphatic carbocycles. The van der Waals surface area contributed by atoms with Crippen LogP contribution in [0.4, 0.5) is 5.82 Å². The van der Waals surface area contributed by atoms with Crippen molar-refractivity contribution in [2.45, 2.75) is 50.0 Å². The number of aromatic nitrogens is 2. The van der Waals surface area contributed by atoms with Crippen LogP contribution >= 0.6 is 11.8 Å². The van der Waals surface area contributed by atoms with Crippen LogP contribution in [-0.2, 0) is 6.42 Å². The molecule has 16 heavy (non-hydrogen) atoms. The molecule has 5 heteroatoms. The van der Waals surface area contributed by atoms with Crippen LogP contribution in [0.1, 0.15) is 32.8 Å². The number of nitrogen functional groups attached to an aromatic ring is 1. The smallest absolute Gasteiger partial charge is 0.131 e. The average molecular weight is 241 g/mol. The molecule has 0 amide bonds. The number of anilines is 1. The Balaban J connectivity index is 2.90. The fraction of sp³-hybridized carbons (Fsp3) is 0.636. The van der Waals surface area contributed by atoms with Crippen LogP contribution in [0.15, 0.2) is 11.4 Å². The van der Waals surface area contributed by atoms with Gasteiger partial charge in [0.25, 0.3) is 0 Å². The van der Waals surface area contributed by atoms with Gasteiger partial charge in [-0.15, -0.1) is 11.8 Å². The van der Waals surface area contributed by atoms with Crippen molar-refractivity contribution in [2.24, 2.45) is 0 Å². The number of rotatable bonds is 5. The second kappa shape index (κ2) is 6.06. The van der Waals surface area contributed by atoms with Gasteiger partial charge in [0.1, 0.15) is 17.2 Å². The van der Waals surface area contributed by atoms with Gasteiger partial charge >= 0.3 is 0 Å². The number of nitrogens with two attached hydrogens (primary N) is 1. The molecule has 1 aromatic heterocycles. The minimum absolute atomic E-state index is 0.102. The van der Waals surface area contributed by atoms with Crippen LogP contribution in [0.5, 0.6) is 0 Å². The third-order valence-electron chi connectivity index (χ3n) is 2.42. The largest absolute Gasteiger partial charge is 0.392 e. The van der Waals surface area contributed by atoms with E-state index in [0.717, 1.165) is 23.4 Å². The van der Waals surface area contributed by atoms with Crippen molar-refractivity contribution in [3.63, 3.8) is 0 Å². The van der Waals surface area contributed by atoms with Gasteiger partial charge < -0.3 is 10.8 Å². The van der Waals surface area contributed by atoms with Gasteiger partial charge in [-0.1, -0.05) is 20.3 Å². The lowest BCUT2D eigenvalue weighted by Gasteiger charge is -2.16. The summed E-state index contributed by atoms with van der Waals surface area (Å²) in [5, 5.41) is 10.5. The van der Waals surface area contributed by atoms with Gasteiger partial charge in [0.2, 0.25) is 0 Å². The standard InChI is InChI=1S/C11H19N3OS/c1-4-5-9-10(12)13-6-14-11(9)16-8(3)7(2)15/h6-8,15H,4-5H2,1-3H3,(H2,12,13,14). The van der Waals surface area contributed by atoms with Crippen molar-refractivity contribution >= 4 is 17.6 Å². The highest BCUT2D eigenvalue weighted by Crippen LogP contribution is 2.29. The molecule has 0 aliphatic rings. The minimum Gasteiger partial charge on any atom is -0.392 e. The van der Waals surface area contributed by atoms with Gasteiger partial charge in [0, 0.05) is 10.8 Å². The molecule has 4 nitrogen and oxygen atoms in total. The topological polar surface area (TPSA) is 72.0 Å². The molecule has 1 aromatic rings. The summed E-state index contributed by atoms with van der Waals surface area (Å²) in [5.41, 5.74) is 6.83. The Morgan fingerprint density at radius 3 is 2.69 bits per heavy atom. The zero-order chi connectivity index (χ0) is 12.1. The van der Waals surface area contributed by atoms with Crippen molar-refractivity contribution in [3.8, 4) is 0 Å². The molecule has 1 rings (SSSR count). The fourth-order valence-electron chi connectivity index (χ4n) is 1.27. The van der Waals surface area contributed by atoms with E-state index in [0.29, 0.717) is 5.82 Å². The Hall–Kier alpha value is -0.810. The molecule has 2 unspecified atom stereocenters. The molecular formula is C11H19N3OS. The molecule has 2 atom stereocenters. The van der Waals surface area contributed by atoms with Crippen LogP contribution in [-0.4, -0.2) is 26.4 Å². The number of aliphatic hydroxyl groups is 1. The van der Waals surface area contributed by atoms with Gasteiger partial charge in [-0.3, -0.25) is 0 Å². The summed E-state index contributed by atoms with van der Waals surface area (Å²) in [4.78, 5) is 8.24. The number of aliphatic hydroxyl groups excluding tert-OH is 1. The molecular weight excluding hydrogens is 222 g/mol. The zero-order valence-corrected chi connectivity index (χ0v) is 10.8. The van der Waals surface area contributed by atoms with Crippen LogP contribution in [0.2, 0.25) is 0 Å². The van der Waals surface area contributed by atoms with E-state index < -0.39 is 0 Å². The summed E-state index contributed by atoms with van der Waals surface area (Å²) in [7, 11) is 0. The normalized spacial score (nSPS) is 14.8. The van der Waals surface area contributed by atoms with E-state index in [9.17, 15) is 5.11 Å². The third-order valence-corrected chi connectivity index (χ3v) is 3.76. The van der Waals surface area contributed by atoms with Gasteiger partial charge in [0.15, 0.2) is 0 Å². The summed E-state index contributed by atoms with van der Waals surface area (Å²) in [5.74, 6) is 0.553. The summed E-state index contributed by atoms with van der Waals surface area (Å²) in [6.45, 7) is 5.85. The second-order valence-corrected chi connectivity index (χ2v) is 5.22. The predicted octanol–water partition coefficient (Wildman–Crippen LogP) is 1.87. The van der Waals surface area contributed by atoms with E-state index in [1.807, 2.05) is 6.92 Å². The van der Waals surface area contributed by atoms with Crippen molar-refractivity contribution in [3.05, 3.63) is 11.9 Å². The molecule has 0 saturated carbocycles. The molecule has 3 N–H and O–H groups in total. The first-order valence-corrected chi connectivity index (χ1v) is 6.38. The minimum atomic E-state index is -0.365. The van der Waals surface area contributed by atoms with Crippen molar-refractivity contribution in [1.82, 2.24) is 9.97 Å². The molecule has 0 saturated heterocycles. The maximum Gasteiger partial charge on any atom is 0.131 e. The van der Waals surface area contributed by atoms with Gasteiger partial charge in [-0.2, -0.15) is 0 Å². The summed E-state index contributed by atoms with van der Waals surface area (Å²) < 4.78 is 0. The van der Waals surface area contributed by atoms with Crippen molar-refractivity contribution in [2.75, 3.05) is 5.73 Å². The molecule has 0 bridgehead atoms. The number of thioether (sulfide) groups is 1. The van der Waals surface area contributed by atoms with E-state index in [4.69, 9.17) is 5.73 Å². The van der Waals surface area contributed by atoms with Crippen molar-refractivity contribution < 1.29 is 5.11 Å². The van der Waals surface area contributed by atoms with Gasteiger partial charge in [-0.05, 0) is 13.3 Å². The molecule has 90 valence electrons. The molecule has 0 radical (unpaired) electrons. The molecule has 1 heterocycles. The molecule has 0 fully saturated rings. The van der Waals surface area contributed by atoms with Crippen LogP contribution in [0.25, 0.3) is 0 Å². The number of hydrogen-bond acceptors (Lipinski definition) is 5. The fourth-order valence-corrected chi connectivity index (χ4v) is 2.28.